The SMILES string of the molecule is CC(C)CC(NC(=O)c1ccc2c(c1)nc(Cc1cccs1)n2C(C)CC(C)C)C(=O)O. The van der Waals surface area contributed by atoms with Gasteiger partial charge in [0.05, 0.1) is 11.0 Å². The largest absolute Gasteiger partial charge is 0.480 e. The summed E-state index contributed by atoms with van der Waals surface area (Å²) < 4.78 is 2.29. The number of carbonyl (C=O) groups is 2. The third kappa shape index (κ3) is 5.76. The third-order valence-corrected chi connectivity index (χ3v) is 6.38. The molecule has 2 N–H and O–H groups in total. The molecule has 172 valence electrons. The number of hydrogen-bond acceptors (Lipinski definition) is 4. The number of hydrogen-bond donors (Lipinski definition) is 2. The van der Waals surface area contributed by atoms with E-state index in [9.17, 15) is 14.7 Å². The molecule has 0 aliphatic heterocycles. The van der Waals surface area contributed by atoms with Gasteiger partial charge in [-0.1, -0.05) is 33.8 Å². The molecule has 6 nitrogen and oxygen atoms in total. The molecule has 1 amide bonds. The van der Waals surface area contributed by atoms with Gasteiger partial charge < -0.3 is 15.0 Å². The molecule has 3 aromatic rings. The summed E-state index contributed by atoms with van der Waals surface area (Å²) >= 11 is 1.71. The zero-order valence-corrected chi connectivity index (χ0v) is 20.3. The van der Waals surface area contributed by atoms with Crippen molar-refractivity contribution in [1.29, 1.82) is 0 Å². The van der Waals surface area contributed by atoms with Gasteiger partial charge in [0.2, 0.25) is 0 Å². The predicted molar refractivity (Wildman–Crippen MR) is 129 cm³/mol. The second-order valence-electron chi connectivity index (χ2n) is 9.33. The predicted octanol–water partition coefficient (Wildman–Crippen LogP) is 5.52. The fourth-order valence-corrected chi connectivity index (χ4v) is 4.90. The van der Waals surface area contributed by atoms with E-state index in [0.29, 0.717) is 17.9 Å². The Bertz CT molecular complexity index is 1070. The molecule has 0 spiro atoms. The van der Waals surface area contributed by atoms with Crippen LogP contribution in [0.25, 0.3) is 11.0 Å². The molecule has 3 rings (SSSR count). The minimum atomic E-state index is -1.02. The van der Waals surface area contributed by atoms with Crippen molar-refractivity contribution in [3.05, 3.63) is 52.0 Å². The van der Waals surface area contributed by atoms with Crippen molar-refractivity contribution in [2.45, 2.75) is 66.0 Å². The van der Waals surface area contributed by atoms with E-state index in [1.165, 1.54) is 4.88 Å². The lowest BCUT2D eigenvalue weighted by atomic mass is 10.0. The molecule has 0 radical (unpaired) electrons. The van der Waals surface area contributed by atoms with Gasteiger partial charge in [-0.2, -0.15) is 0 Å². The lowest BCUT2D eigenvalue weighted by molar-refractivity contribution is -0.139. The molecule has 0 saturated carbocycles. The summed E-state index contributed by atoms with van der Waals surface area (Å²) in [5.41, 5.74) is 2.19. The van der Waals surface area contributed by atoms with Crippen LogP contribution in [0, 0.1) is 11.8 Å². The fraction of sp³-hybridized carbons (Fsp3) is 0.480. The van der Waals surface area contributed by atoms with Gasteiger partial charge in [-0.05, 0) is 61.2 Å². The highest BCUT2D eigenvalue weighted by Gasteiger charge is 2.23. The van der Waals surface area contributed by atoms with Crippen LogP contribution in [0.2, 0.25) is 0 Å². The molecule has 0 fully saturated rings. The topological polar surface area (TPSA) is 84.2 Å². The van der Waals surface area contributed by atoms with Crippen LogP contribution in [-0.2, 0) is 11.2 Å². The fourth-order valence-electron chi connectivity index (χ4n) is 4.20. The van der Waals surface area contributed by atoms with E-state index in [0.717, 1.165) is 29.7 Å². The first-order valence-electron chi connectivity index (χ1n) is 11.2. The van der Waals surface area contributed by atoms with Gasteiger partial charge in [0.15, 0.2) is 0 Å². The first-order chi connectivity index (χ1) is 15.2. The van der Waals surface area contributed by atoms with Gasteiger partial charge in [0, 0.05) is 22.9 Å². The number of rotatable bonds is 10. The smallest absolute Gasteiger partial charge is 0.326 e. The summed E-state index contributed by atoms with van der Waals surface area (Å²) in [4.78, 5) is 30.5. The van der Waals surface area contributed by atoms with E-state index >= 15 is 0 Å². The average molecular weight is 456 g/mol. The Morgan fingerprint density at radius 2 is 1.81 bits per heavy atom. The van der Waals surface area contributed by atoms with Crippen LogP contribution in [0.5, 0.6) is 0 Å². The molecule has 7 heteroatoms. The summed E-state index contributed by atoms with van der Waals surface area (Å²) in [5.74, 6) is 0.298. The Morgan fingerprint density at radius 1 is 1.09 bits per heavy atom. The van der Waals surface area contributed by atoms with Gasteiger partial charge >= 0.3 is 5.97 Å². The number of nitrogens with zero attached hydrogens (tertiary/aromatic N) is 2. The van der Waals surface area contributed by atoms with Gasteiger partial charge in [0.1, 0.15) is 11.9 Å². The maximum absolute atomic E-state index is 12.8. The monoisotopic (exact) mass is 455 g/mol. The van der Waals surface area contributed by atoms with Gasteiger partial charge in [-0.15, -0.1) is 11.3 Å². The number of amides is 1. The van der Waals surface area contributed by atoms with E-state index in [-0.39, 0.29) is 17.9 Å². The second kappa shape index (κ2) is 10.3. The molecule has 1 aromatic carbocycles. The van der Waals surface area contributed by atoms with Crippen molar-refractivity contribution >= 4 is 34.2 Å². The van der Waals surface area contributed by atoms with Gasteiger partial charge in [-0.3, -0.25) is 4.79 Å². The quantitative estimate of drug-likeness (QED) is 0.421. The Hall–Kier alpha value is -2.67. The molecule has 2 unspecified atom stereocenters. The normalized spacial score (nSPS) is 13.6. The number of aliphatic carboxylic acids is 1. The molecule has 0 aliphatic rings. The molecule has 2 aromatic heterocycles. The van der Waals surface area contributed by atoms with Crippen LogP contribution < -0.4 is 5.32 Å². The van der Waals surface area contributed by atoms with Crippen molar-refractivity contribution in [3.63, 3.8) is 0 Å². The lowest BCUT2D eigenvalue weighted by Gasteiger charge is -2.19. The molecular formula is C25H33N3O3S. The number of carbonyl (C=O) groups excluding carboxylic acids is 1. The number of thiophene rings is 1. The van der Waals surface area contributed by atoms with Crippen molar-refractivity contribution < 1.29 is 14.7 Å². The number of carboxylic acids is 1. The number of carboxylic acid groups (broad SMARTS) is 1. The highest BCUT2D eigenvalue weighted by atomic mass is 32.1. The summed E-state index contributed by atoms with van der Waals surface area (Å²) in [6.07, 6.45) is 2.15. The standard InChI is InChI=1S/C25H33N3O3S/c1-15(2)11-17(5)28-22-9-8-18(24(29)27-21(25(30)31)12-16(3)4)13-20(22)26-23(28)14-19-7-6-10-32-19/h6-10,13,15-17,21H,11-12,14H2,1-5H3,(H,27,29)(H,30,31). The Balaban J connectivity index is 1.95. The minimum Gasteiger partial charge on any atom is -0.480 e. The second-order valence-corrected chi connectivity index (χ2v) is 10.4. The molecule has 0 aliphatic carbocycles. The summed E-state index contributed by atoms with van der Waals surface area (Å²) in [6, 6.07) is 9.00. The Kier molecular flexibility index (Phi) is 7.72. The average Bonchev–Trinajstić information content (AvgIpc) is 3.33. The van der Waals surface area contributed by atoms with E-state index in [2.05, 4.69) is 42.1 Å². The van der Waals surface area contributed by atoms with E-state index in [1.807, 2.05) is 26.0 Å². The molecule has 0 saturated heterocycles. The maximum atomic E-state index is 12.8. The van der Waals surface area contributed by atoms with Crippen LogP contribution in [0.4, 0.5) is 0 Å². The lowest BCUT2D eigenvalue weighted by Crippen LogP contribution is -2.41. The zero-order chi connectivity index (χ0) is 23.4. The number of benzene rings is 1. The zero-order valence-electron chi connectivity index (χ0n) is 19.5. The van der Waals surface area contributed by atoms with Gasteiger partial charge in [-0.25, -0.2) is 9.78 Å². The molecule has 2 atom stereocenters. The van der Waals surface area contributed by atoms with E-state index in [4.69, 9.17) is 4.98 Å². The number of fused-ring (bicyclic) bond motifs is 1. The first-order valence-corrected chi connectivity index (χ1v) is 12.1. The number of imidazole rings is 1. The highest BCUT2D eigenvalue weighted by Crippen LogP contribution is 2.28. The summed E-state index contributed by atoms with van der Waals surface area (Å²) in [7, 11) is 0. The van der Waals surface area contributed by atoms with Crippen molar-refractivity contribution in [2.24, 2.45) is 11.8 Å². The summed E-state index contributed by atoms with van der Waals surface area (Å²) in [6.45, 7) is 10.5. The van der Waals surface area contributed by atoms with Crippen LogP contribution in [0.3, 0.4) is 0 Å². The number of nitrogens with one attached hydrogen (secondary N) is 1. The molecule has 0 bridgehead atoms. The van der Waals surface area contributed by atoms with Crippen LogP contribution in [-0.4, -0.2) is 32.6 Å². The summed E-state index contributed by atoms with van der Waals surface area (Å²) in [5, 5.41) is 14.2. The van der Waals surface area contributed by atoms with E-state index in [1.54, 1.807) is 23.5 Å². The highest BCUT2D eigenvalue weighted by molar-refractivity contribution is 7.09. The van der Waals surface area contributed by atoms with Crippen LogP contribution >= 0.6 is 11.3 Å². The maximum Gasteiger partial charge on any atom is 0.326 e. The van der Waals surface area contributed by atoms with Crippen LogP contribution in [0.15, 0.2) is 35.7 Å². The van der Waals surface area contributed by atoms with Crippen molar-refractivity contribution in [1.82, 2.24) is 14.9 Å². The molecule has 32 heavy (non-hydrogen) atoms. The Morgan fingerprint density at radius 3 is 2.41 bits per heavy atom. The van der Waals surface area contributed by atoms with Crippen molar-refractivity contribution in [2.75, 3.05) is 0 Å². The van der Waals surface area contributed by atoms with Gasteiger partial charge in [0.25, 0.3) is 5.91 Å². The first kappa shape index (κ1) is 24.0. The van der Waals surface area contributed by atoms with Crippen LogP contribution in [0.1, 0.15) is 74.6 Å². The molecule has 2 heterocycles. The van der Waals surface area contributed by atoms with Crippen molar-refractivity contribution in [3.8, 4) is 0 Å². The van der Waals surface area contributed by atoms with E-state index < -0.39 is 12.0 Å². The number of aromatic nitrogens is 2. The third-order valence-electron chi connectivity index (χ3n) is 5.50. The Labute approximate surface area is 193 Å². The minimum absolute atomic E-state index is 0.164. The molecular weight excluding hydrogens is 422 g/mol.